The number of benzene rings is 1. The maximum absolute atomic E-state index is 12.6. The Bertz CT molecular complexity index is 843. The van der Waals surface area contributed by atoms with Gasteiger partial charge >= 0.3 is 0 Å². The Balaban J connectivity index is 1.21. The summed E-state index contributed by atoms with van der Waals surface area (Å²) in [6, 6.07) is 13.0. The van der Waals surface area contributed by atoms with E-state index in [4.69, 9.17) is 0 Å². The van der Waals surface area contributed by atoms with Crippen LogP contribution in [0.5, 0.6) is 0 Å². The van der Waals surface area contributed by atoms with E-state index in [0.717, 1.165) is 57.3 Å². The van der Waals surface area contributed by atoms with Gasteiger partial charge in [0.25, 0.3) is 5.91 Å². The molecule has 2 heterocycles. The molecule has 0 unspecified atom stereocenters. The van der Waals surface area contributed by atoms with Crippen molar-refractivity contribution >= 4 is 11.8 Å². The Hall–Kier alpha value is -2.56. The second kappa shape index (κ2) is 8.85. The van der Waals surface area contributed by atoms with Gasteiger partial charge in [-0.1, -0.05) is 24.3 Å². The van der Waals surface area contributed by atoms with Crippen LogP contribution in [0.1, 0.15) is 53.7 Å². The number of nitrogens with one attached hydrogen (secondary N) is 1. The lowest BCUT2D eigenvalue weighted by atomic mass is 9.89. The fraction of sp³-hybridized carbons (Fsp3) is 0.500. The molecule has 2 amide bonds. The molecule has 2 aliphatic rings. The first-order valence-corrected chi connectivity index (χ1v) is 10.9. The van der Waals surface area contributed by atoms with Crippen LogP contribution in [0.15, 0.2) is 42.6 Å². The van der Waals surface area contributed by atoms with E-state index in [0.29, 0.717) is 18.4 Å². The van der Waals surface area contributed by atoms with Crippen LogP contribution < -0.4 is 5.32 Å². The summed E-state index contributed by atoms with van der Waals surface area (Å²) in [7, 11) is 1.92. The predicted molar refractivity (Wildman–Crippen MR) is 114 cm³/mol. The van der Waals surface area contributed by atoms with Gasteiger partial charge in [-0.05, 0) is 67.7 Å². The average Bonchev–Trinajstić information content (AvgIpc) is 3.44. The van der Waals surface area contributed by atoms with Gasteiger partial charge < -0.3 is 14.8 Å². The smallest absolute Gasteiger partial charge is 0.270 e. The van der Waals surface area contributed by atoms with Crippen molar-refractivity contribution in [3.63, 3.8) is 0 Å². The molecule has 0 atom stereocenters. The summed E-state index contributed by atoms with van der Waals surface area (Å²) in [4.78, 5) is 26.4. The van der Waals surface area contributed by atoms with Crippen molar-refractivity contribution in [2.75, 3.05) is 13.1 Å². The molecule has 2 fully saturated rings. The van der Waals surface area contributed by atoms with Gasteiger partial charge in [0.15, 0.2) is 0 Å². The Kier molecular flexibility index (Phi) is 6.02. The van der Waals surface area contributed by atoms with Crippen molar-refractivity contribution in [3.05, 3.63) is 59.4 Å². The van der Waals surface area contributed by atoms with Crippen molar-refractivity contribution in [1.29, 1.82) is 0 Å². The minimum Gasteiger partial charge on any atom is -0.353 e. The summed E-state index contributed by atoms with van der Waals surface area (Å²) in [5.41, 5.74) is 3.34. The molecular formula is C24H31N3O2. The van der Waals surface area contributed by atoms with E-state index >= 15 is 0 Å². The van der Waals surface area contributed by atoms with Gasteiger partial charge in [0.2, 0.25) is 5.91 Å². The Labute approximate surface area is 173 Å². The summed E-state index contributed by atoms with van der Waals surface area (Å²) >= 11 is 0. The Morgan fingerprint density at radius 3 is 2.31 bits per heavy atom. The Morgan fingerprint density at radius 2 is 1.69 bits per heavy atom. The maximum Gasteiger partial charge on any atom is 0.270 e. The molecule has 1 N–H and O–H groups in total. The molecule has 1 saturated heterocycles. The van der Waals surface area contributed by atoms with Crippen LogP contribution in [0.4, 0.5) is 0 Å². The first kappa shape index (κ1) is 19.7. The minimum absolute atomic E-state index is 0.144. The van der Waals surface area contributed by atoms with E-state index < -0.39 is 0 Å². The molecule has 1 aliphatic heterocycles. The maximum atomic E-state index is 12.6. The van der Waals surface area contributed by atoms with E-state index in [1.165, 1.54) is 11.1 Å². The number of carbonyl (C=O) groups excluding carboxylic acids is 2. The molecule has 0 radical (unpaired) electrons. The number of piperidine rings is 1. The van der Waals surface area contributed by atoms with Gasteiger partial charge in [0.05, 0.1) is 0 Å². The molecule has 5 heteroatoms. The molecule has 29 heavy (non-hydrogen) atoms. The normalized spacial score (nSPS) is 17.3. The molecule has 1 aromatic carbocycles. The van der Waals surface area contributed by atoms with Crippen LogP contribution in [0.3, 0.4) is 0 Å². The number of hydrogen-bond donors (Lipinski definition) is 1. The molecule has 0 bridgehead atoms. The zero-order chi connectivity index (χ0) is 20.2. The first-order valence-electron chi connectivity index (χ1n) is 10.9. The van der Waals surface area contributed by atoms with Crippen molar-refractivity contribution in [1.82, 2.24) is 14.8 Å². The number of aromatic nitrogens is 1. The summed E-state index contributed by atoms with van der Waals surface area (Å²) < 4.78 is 1.89. The molecule has 2 aromatic rings. The van der Waals surface area contributed by atoms with Gasteiger partial charge in [0.1, 0.15) is 5.69 Å². The molecule has 5 nitrogen and oxygen atoms in total. The lowest BCUT2D eigenvalue weighted by Gasteiger charge is -2.32. The van der Waals surface area contributed by atoms with Gasteiger partial charge in [-0.25, -0.2) is 0 Å². The van der Waals surface area contributed by atoms with Gasteiger partial charge in [-0.2, -0.15) is 0 Å². The summed E-state index contributed by atoms with van der Waals surface area (Å²) in [5.74, 6) is 0.946. The van der Waals surface area contributed by atoms with Crippen LogP contribution in [0.25, 0.3) is 0 Å². The van der Waals surface area contributed by atoms with Crippen molar-refractivity contribution in [2.45, 2.75) is 51.0 Å². The molecule has 4 rings (SSSR count). The predicted octanol–water partition coefficient (Wildman–Crippen LogP) is 3.33. The fourth-order valence-electron chi connectivity index (χ4n) is 4.15. The van der Waals surface area contributed by atoms with Crippen LogP contribution in [-0.4, -0.2) is 40.4 Å². The average molecular weight is 394 g/mol. The molecule has 154 valence electrons. The highest BCUT2D eigenvalue weighted by Gasteiger charge is 2.25. The quantitative estimate of drug-likeness (QED) is 0.784. The molecule has 1 aliphatic carbocycles. The number of amides is 2. The highest BCUT2D eigenvalue weighted by atomic mass is 16.2. The zero-order valence-electron chi connectivity index (χ0n) is 17.3. The van der Waals surface area contributed by atoms with E-state index in [1.54, 1.807) is 0 Å². The van der Waals surface area contributed by atoms with Gasteiger partial charge in [0, 0.05) is 38.8 Å². The second-order valence-corrected chi connectivity index (χ2v) is 8.60. The van der Waals surface area contributed by atoms with Crippen molar-refractivity contribution in [3.8, 4) is 0 Å². The Morgan fingerprint density at radius 1 is 1.00 bits per heavy atom. The first-order chi connectivity index (χ1) is 14.1. The fourth-order valence-corrected chi connectivity index (χ4v) is 4.15. The van der Waals surface area contributed by atoms with Crippen molar-refractivity contribution in [2.24, 2.45) is 13.0 Å². The molecule has 1 aromatic heterocycles. The molecule has 0 spiro atoms. The van der Waals surface area contributed by atoms with E-state index in [-0.39, 0.29) is 11.8 Å². The summed E-state index contributed by atoms with van der Waals surface area (Å²) in [6.45, 7) is 1.67. The standard InChI is InChI=1S/C24H31N3O2/c1-26-14-2-3-22(26)24(29)27-15-12-20(13-16-27)17-19-6-4-18(5-7-19)8-11-23(28)25-21-9-10-21/h2-7,14,20-21H,8-13,15-17H2,1H3,(H,25,28). The third-order valence-corrected chi connectivity index (χ3v) is 6.20. The minimum atomic E-state index is 0.144. The third-order valence-electron chi connectivity index (χ3n) is 6.20. The topological polar surface area (TPSA) is 54.3 Å². The van der Waals surface area contributed by atoms with Crippen LogP contribution in [0.2, 0.25) is 0 Å². The number of rotatable bonds is 7. The van der Waals surface area contributed by atoms with Crippen LogP contribution in [-0.2, 0) is 24.7 Å². The van der Waals surface area contributed by atoms with E-state index in [9.17, 15) is 9.59 Å². The van der Waals surface area contributed by atoms with Gasteiger partial charge in [-0.15, -0.1) is 0 Å². The van der Waals surface area contributed by atoms with E-state index in [2.05, 4.69) is 29.6 Å². The highest BCUT2D eigenvalue weighted by Crippen LogP contribution is 2.23. The van der Waals surface area contributed by atoms with E-state index in [1.807, 2.05) is 34.8 Å². The second-order valence-electron chi connectivity index (χ2n) is 8.60. The number of carbonyl (C=O) groups is 2. The zero-order valence-corrected chi connectivity index (χ0v) is 17.3. The largest absolute Gasteiger partial charge is 0.353 e. The summed E-state index contributed by atoms with van der Waals surface area (Å²) in [5, 5.41) is 3.04. The number of aryl methyl sites for hydroxylation is 2. The van der Waals surface area contributed by atoms with Crippen molar-refractivity contribution < 1.29 is 9.59 Å². The van der Waals surface area contributed by atoms with Gasteiger partial charge in [-0.3, -0.25) is 9.59 Å². The highest BCUT2D eigenvalue weighted by molar-refractivity contribution is 5.92. The molecular weight excluding hydrogens is 362 g/mol. The van der Waals surface area contributed by atoms with Crippen LogP contribution in [0, 0.1) is 5.92 Å². The number of likely N-dealkylation sites (tertiary alicyclic amines) is 1. The summed E-state index contributed by atoms with van der Waals surface area (Å²) in [6.07, 6.45) is 8.75. The monoisotopic (exact) mass is 393 g/mol. The molecule has 1 saturated carbocycles. The lowest BCUT2D eigenvalue weighted by molar-refractivity contribution is -0.121. The third kappa shape index (κ3) is 5.28. The SMILES string of the molecule is Cn1cccc1C(=O)N1CCC(Cc2ccc(CCC(=O)NC3CC3)cc2)CC1. The number of hydrogen-bond acceptors (Lipinski definition) is 2. The van der Waals surface area contributed by atoms with Crippen LogP contribution >= 0.6 is 0 Å². The lowest BCUT2D eigenvalue weighted by Crippen LogP contribution is -2.39. The number of nitrogens with zero attached hydrogens (tertiary/aromatic N) is 2.